The summed E-state index contributed by atoms with van der Waals surface area (Å²) >= 11 is 3.23. The molecule has 1 amide bonds. The zero-order valence-corrected chi connectivity index (χ0v) is 15.9. The molecule has 4 heterocycles. The van der Waals surface area contributed by atoms with E-state index < -0.39 is 0 Å². The minimum absolute atomic E-state index is 0.0823. The Kier molecular flexibility index (Phi) is 4.54. The molecule has 0 N–H and O–H groups in total. The minimum Gasteiger partial charge on any atom is -0.344 e. The van der Waals surface area contributed by atoms with Crippen LogP contribution in [0.25, 0.3) is 10.2 Å². The molecule has 0 radical (unpaired) electrons. The van der Waals surface area contributed by atoms with Crippen LogP contribution in [0.15, 0.2) is 30.0 Å². The minimum atomic E-state index is 0.0823. The van der Waals surface area contributed by atoms with Crippen molar-refractivity contribution in [1.82, 2.24) is 19.8 Å². The van der Waals surface area contributed by atoms with E-state index in [0.29, 0.717) is 5.92 Å². The van der Waals surface area contributed by atoms with Crippen molar-refractivity contribution in [3.63, 3.8) is 0 Å². The van der Waals surface area contributed by atoms with Gasteiger partial charge in [0.2, 0.25) is 0 Å². The van der Waals surface area contributed by atoms with Gasteiger partial charge in [-0.1, -0.05) is 6.07 Å². The molecule has 0 bridgehead atoms. The van der Waals surface area contributed by atoms with Gasteiger partial charge < -0.3 is 4.90 Å². The normalized spacial score (nSPS) is 18.1. The van der Waals surface area contributed by atoms with Gasteiger partial charge in [-0.15, -0.1) is 22.7 Å². The first-order chi connectivity index (χ1) is 12.1. The van der Waals surface area contributed by atoms with Gasteiger partial charge in [0.25, 0.3) is 5.91 Å². The van der Waals surface area contributed by atoms with Gasteiger partial charge in [-0.3, -0.25) is 14.7 Å². The maximum absolute atomic E-state index is 12.7. The van der Waals surface area contributed by atoms with Crippen LogP contribution in [0.1, 0.15) is 32.5 Å². The summed E-state index contributed by atoms with van der Waals surface area (Å²) in [6.07, 6.45) is 4.83. The summed E-state index contributed by atoms with van der Waals surface area (Å²) in [5.41, 5.74) is 3.08. The van der Waals surface area contributed by atoms with Crippen molar-refractivity contribution in [1.29, 1.82) is 0 Å². The van der Waals surface area contributed by atoms with Crippen LogP contribution in [0.5, 0.6) is 0 Å². The van der Waals surface area contributed by atoms with Gasteiger partial charge in [-0.05, 0) is 24.6 Å². The summed E-state index contributed by atoms with van der Waals surface area (Å²) in [5, 5.41) is 1.14. The number of carbonyl (C=O) groups is 1. The number of hydrogen-bond donors (Lipinski definition) is 0. The summed E-state index contributed by atoms with van der Waals surface area (Å²) in [5.74, 6) is 0.462. The van der Waals surface area contributed by atoms with Gasteiger partial charge in [-0.2, -0.15) is 0 Å². The zero-order valence-electron chi connectivity index (χ0n) is 14.3. The fraction of sp³-hybridized carbons (Fsp3) is 0.389. The highest BCUT2D eigenvalue weighted by atomic mass is 32.1. The van der Waals surface area contributed by atoms with Crippen LogP contribution in [-0.2, 0) is 6.54 Å². The number of amides is 1. The predicted molar refractivity (Wildman–Crippen MR) is 102 cm³/mol. The Hall–Kier alpha value is -1.83. The number of likely N-dealkylation sites (tertiary alicyclic amines) is 1. The van der Waals surface area contributed by atoms with Crippen molar-refractivity contribution >= 4 is 38.8 Å². The molecule has 0 aliphatic carbocycles. The zero-order chi connectivity index (χ0) is 17.4. The van der Waals surface area contributed by atoms with E-state index in [9.17, 15) is 4.79 Å². The molecule has 1 atom stereocenters. The second-order valence-corrected chi connectivity index (χ2v) is 8.56. The third-order valence-corrected chi connectivity index (χ3v) is 6.53. The molecule has 0 aromatic carbocycles. The lowest BCUT2D eigenvalue weighted by Crippen LogP contribution is -2.23. The van der Waals surface area contributed by atoms with Crippen LogP contribution in [0.3, 0.4) is 0 Å². The maximum Gasteiger partial charge on any atom is 0.263 e. The van der Waals surface area contributed by atoms with Gasteiger partial charge >= 0.3 is 0 Å². The van der Waals surface area contributed by atoms with Crippen molar-refractivity contribution in [3.05, 3.63) is 45.4 Å². The molecule has 25 heavy (non-hydrogen) atoms. The molecule has 1 unspecified atom stereocenters. The highest BCUT2D eigenvalue weighted by molar-refractivity contribution is 7.20. The number of thiazole rings is 1. The molecule has 0 spiro atoms. The van der Waals surface area contributed by atoms with Crippen molar-refractivity contribution in [3.8, 4) is 0 Å². The summed E-state index contributed by atoms with van der Waals surface area (Å²) < 4.78 is 0. The van der Waals surface area contributed by atoms with E-state index >= 15 is 0 Å². The van der Waals surface area contributed by atoms with Gasteiger partial charge in [0.05, 0.1) is 10.4 Å². The first kappa shape index (κ1) is 16.6. The summed E-state index contributed by atoms with van der Waals surface area (Å²) in [7, 11) is 3.63. The second kappa shape index (κ2) is 6.82. The molecule has 1 fully saturated rings. The number of nitrogens with zero attached hydrogens (tertiary/aromatic N) is 4. The number of carbonyl (C=O) groups excluding carboxylic acids is 1. The third kappa shape index (κ3) is 3.19. The van der Waals surface area contributed by atoms with Crippen LogP contribution in [0, 0.1) is 0 Å². The Bertz CT molecular complexity index is 888. The van der Waals surface area contributed by atoms with Crippen LogP contribution in [0.2, 0.25) is 0 Å². The number of pyridine rings is 1. The number of rotatable bonds is 4. The van der Waals surface area contributed by atoms with E-state index in [0.717, 1.165) is 41.1 Å². The molecule has 3 aromatic rings. The Morgan fingerprint density at radius 1 is 1.44 bits per heavy atom. The van der Waals surface area contributed by atoms with E-state index in [2.05, 4.69) is 20.9 Å². The van der Waals surface area contributed by atoms with Crippen molar-refractivity contribution in [2.75, 3.05) is 27.2 Å². The molecule has 1 saturated heterocycles. The van der Waals surface area contributed by atoms with E-state index in [1.165, 1.54) is 21.8 Å². The topological polar surface area (TPSA) is 49.3 Å². The van der Waals surface area contributed by atoms with Gasteiger partial charge in [0.1, 0.15) is 4.83 Å². The maximum atomic E-state index is 12.7. The second-order valence-electron chi connectivity index (χ2n) is 6.59. The average molecular weight is 373 g/mol. The standard InChI is InChI=1S/C18H20N4OS2/c1-21(2)18(23)16-15(14-4-3-6-20-17(14)25-16)12-5-7-22(9-12)10-13-8-19-11-24-13/h3-4,6,8,11-12H,5,7,9-10H2,1-2H3. The van der Waals surface area contributed by atoms with Crippen molar-refractivity contribution in [2.24, 2.45) is 0 Å². The van der Waals surface area contributed by atoms with Gasteiger partial charge in [0.15, 0.2) is 0 Å². The summed E-state index contributed by atoms with van der Waals surface area (Å²) in [4.78, 5) is 28.6. The molecule has 4 rings (SSSR count). The SMILES string of the molecule is CN(C)C(=O)c1sc2ncccc2c1C1CCN(Cc2cncs2)C1. The Labute approximate surface area is 154 Å². The quantitative estimate of drug-likeness (QED) is 0.704. The molecular weight excluding hydrogens is 352 g/mol. The van der Waals surface area contributed by atoms with E-state index in [-0.39, 0.29) is 5.91 Å². The Morgan fingerprint density at radius 3 is 3.08 bits per heavy atom. The predicted octanol–water partition coefficient (Wildman–Crippen LogP) is 3.44. The lowest BCUT2D eigenvalue weighted by atomic mass is 9.95. The monoisotopic (exact) mass is 372 g/mol. The summed E-state index contributed by atoms with van der Waals surface area (Å²) in [6, 6.07) is 4.07. The van der Waals surface area contributed by atoms with E-state index in [1.807, 2.05) is 31.9 Å². The molecule has 1 aliphatic heterocycles. The lowest BCUT2D eigenvalue weighted by molar-refractivity contribution is 0.0831. The van der Waals surface area contributed by atoms with Crippen LogP contribution < -0.4 is 0 Å². The molecule has 1 aliphatic rings. The lowest BCUT2D eigenvalue weighted by Gasteiger charge is -2.17. The average Bonchev–Trinajstić information content (AvgIpc) is 3.33. The van der Waals surface area contributed by atoms with Gasteiger partial charge in [-0.25, -0.2) is 4.98 Å². The fourth-order valence-corrected chi connectivity index (χ4v) is 5.36. The van der Waals surface area contributed by atoms with Crippen LogP contribution in [0.4, 0.5) is 0 Å². The first-order valence-electron chi connectivity index (χ1n) is 8.32. The van der Waals surface area contributed by atoms with Crippen molar-refractivity contribution < 1.29 is 4.79 Å². The highest BCUT2D eigenvalue weighted by Gasteiger charge is 2.31. The third-order valence-electron chi connectivity index (χ3n) is 4.65. The first-order valence-corrected chi connectivity index (χ1v) is 10.0. The Morgan fingerprint density at radius 2 is 2.32 bits per heavy atom. The van der Waals surface area contributed by atoms with Gasteiger partial charge in [0, 0.05) is 55.8 Å². The van der Waals surface area contributed by atoms with E-state index in [4.69, 9.17) is 0 Å². The molecule has 0 saturated carbocycles. The molecule has 5 nitrogen and oxygen atoms in total. The summed E-state index contributed by atoms with van der Waals surface area (Å²) in [6.45, 7) is 2.97. The highest BCUT2D eigenvalue weighted by Crippen LogP contribution is 2.40. The van der Waals surface area contributed by atoms with Crippen LogP contribution >= 0.6 is 22.7 Å². The smallest absolute Gasteiger partial charge is 0.263 e. The largest absolute Gasteiger partial charge is 0.344 e. The van der Waals surface area contributed by atoms with Crippen LogP contribution in [-0.4, -0.2) is 52.9 Å². The number of aromatic nitrogens is 2. The molecule has 3 aromatic heterocycles. The molecular formula is C18H20N4OS2. The molecule has 130 valence electrons. The Balaban J connectivity index is 1.66. The van der Waals surface area contributed by atoms with Crippen molar-refractivity contribution in [2.45, 2.75) is 18.9 Å². The van der Waals surface area contributed by atoms with E-state index in [1.54, 1.807) is 22.4 Å². The fourth-order valence-electron chi connectivity index (χ4n) is 3.47. The molecule has 7 heteroatoms. The number of thiophene rings is 1. The number of hydrogen-bond acceptors (Lipinski definition) is 6. The number of fused-ring (bicyclic) bond motifs is 1.